The highest BCUT2D eigenvalue weighted by Crippen LogP contribution is 2.42. The molecule has 11 rings (SSSR count). The van der Waals surface area contributed by atoms with Gasteiger partial charge in [0.25, 0.3) is 0 Å². The molecule has 0 saturated heterocycles. The SMILES string of the molecule is [C-]#[N+]c1ccc2c(c1)c1c(-n3c4ccccc4c4ccc(C#N)cc43)cccc1n2-c1cccc(-c2ccc(-n3c4ccccc4c4ccccc43)cc2C#N)c1. The van der Waals surface area contributed by atoms with E-state index in [1.165, 1.54) is 10.8 Å². The Morgan fingerprint density at radius 1 is 0.439 bits per heavy atom. The first-order valence-corrected chi connectivity index (χ1v) is 18.7. The van der Waals surface area contributed by atoms with E-state index in [2.05, 4.69) is 140 Å². The molecule has 0 aliphatic heterocycles. The quantitative estimate of drug-likeness (QED) is 0.170. The minimum absolute atomic E-state index is 0.557. The van der Waals surface area contributed by atoms with Crippen LogP contribution in [-0.4, -0.2) is 13.7 Å². The Morgan fingerprint density at radius 2 is 1.05 bits per heavy atom. The molecular formula is C51H28N6. The Balaban J connectivity index is 1.13. The summed E-state index contributed by atoms with van der Waals surface area (Å²) in [5.41, 5.74) is 12.4. The predicted molar refractivity (Wildman–Crippen MR) is 231 cm³/mol. The Hall–Kier alpha value is -8.37. The standard InChI is InChI=1S/C51H28N6/c1-54-35-21-25-47-43(29-35)51-48(18-9-19-49(51)57-46-17-7-4-14-41(46)42-23-20-32(30-52)26-50(42)57)56(47)36-11-8-10-33(27-36)38-24-22-37(28-34(38)31-53)55-44-15-5-2-12-39(44)40-13-3-6-16-45(40)55/h2-29H. The lowest BCUT2D eigenvalue weighted by Crippen LogP contribution is -1.98. The second-order valence-electron chi connectivity index (χ2n) is 14.3. The first-order chi connectivity index (χ1) is 28.1. The van der Waals surface area contributed by atoms with Crippen molar-refractivity contribution in [1.29, 1.82) is 10.5 Å². The van der Waals surface area contributed by atoms with Gasteiger partial charge in [0, 0.05) is 38.3 Å². The van der Waals surface area contributed by atoms with Crippen LogP contribution in [0.2, 0.25) is 0 Å². The van der Waals surface area contributed by atoms with E-state index in [1.54, 1.807) is 0 Å². The van der Waals surface area contributed by atoms with Crippen molar-refractivity contribution in [3.8, 4) is 40.3 Å². The second-order valence-corrected chi connectivity index (χ2v) is 14.3. The summed E-state index contributed by atoms with van der Waals surface area (Å²) in [5.74, 6) is 0. The van der Waals surface area contributed by atoms with Crippen molar-refractivity contribution >= 4 is 71.1 Å². The number of para-hydroxylation sites is 3. The third-order valence-corrected chi connectivity index (χ3v) is 11.3. The monoisotopic (exact) mass is 724 g/mol. The van der Waals surface area contributed by atoms with Crippen LogP contribution in [-0.2, 0) is 0 Å². The van der Waals surface area contributed by atoms with Gasteiger partial charge in [-0.1, -0.05) is 91.0 Å². The van der Waals surface area contributed by atoms with Crippen LogP contribution in [0.5, 0.6) is 0 Å². The van der Waals surface area contributed by atoms with Gasteiger partial charge in [-0.15, -0.1) is 0 Å². The second kappa shape index (κ2) is 12.3. The Kier molecular flexibility index (Phi) is 6.95. The first kappa shape index (κ1) is 32.1. The van der Waals surface area contributed by atoms with Crippen LogP contribution < -0.4 is 0 Å². The van der Waals surface area contributed by atoms with Gasteiger partial charge in [-0.3, -0.25) is 0 Å². The zero-order valence-electron chi connectivity index (χ0n) is 30.3. The number of benzene rings is 8. The van der Waals surface area contributed by atoms with E-state index in [0.29, 0.717) is 16.8 Å². The minimum atomic E-state index is 0.557. The summed E-state index contributed by atoms with van der Waals surface area (Å²) in [5, 5.41) is 27.0. The van der Waals surface area contributed by atoms with Crippen molar-refractivity contribution in [3.63, 3.8) is 0 Å². The summed E-state index contributed by atoms with van der Waals surface area (Å²) in [6.45, 7) is 7.91. The fourth-order valence-electron chi connectivity index (χ4n) is 8.90. The van der Waals surface area contributed by atoms with Gasteiger partial charge in [0.2, 0.25) is 0 Å². The number of hydrogen-bond donors (Lipinski definition) is 0. The summed E-state index contributed by atoms with van der Waals surface area (Å²) < 4.78 is 6.73. The molecule has 0 unspecified atom stereocenters. The van der Waals surface area contributed by atoms with Crippen LogP contribution >= 0.6 is 0 Å². The lowest BCUT2D eigenvalue weighted by molar-refractivity contribution is 1.17. The Labute approximate surface area is 326 Å². The topological polar surface area (TPSA) is 66.7 Å². The van der Waals surface area contributed by atoms with Gasteiger partial charge in [0.1, 0.15) is 0 Å². The number of fused-ring (bicyclic) bond motifs is 9. The lowest BCUT2D eigenvalue weighted by atomic mass is 9.99. The summed E-state index contributed by atoms with van der Waals surface area (Å²) in [6.07, 6.45) is 0. The van der Waals surface area contributed by atoms with Crippen molar-refractivity contribution in [2.75, 3.05) is 0 Å². The highest BCUT2D eigenvalue weighted by Gasteiger charge is 2.21. The first-order valence-electron chi connectivity index (χ1n) is 18.7. The maximum Gasteiger partial charge on any atom is 0.188 e. The highest BCUT2D eigenvalue weighted by atomic mass is 15.0. The molecule has 0 fully saturated rings. The fourth-order valence-corrected chi connectivity index (χ4v) is 8.90. The summed E-state index contributed by atoms with van der Waals surface area (Å²) in [7, 11) is 0. The van der Waals surface area contributed by atoms with E-state index in [1.807, 2.05) is 60.7 Å². The maximum atomic E-state index is 10.6. The molecule has 0 aliphatic carbocycles. The molecule has 8 aromatic carbocycles. The van der Waals surface area contributed by atoms with Crippen molar-refractivity contribution in [1.82, 2.24) is 13.7 Å². The molecule has 6 nitrogen and oxygen atoms in total. The van der Waals surface area contributed by atoms with Gasteiger partial charge < -0.3 is 13.7 Å². The molecule has 6 heteroatoms. The van der Waals surface area contributed by atoms with Crippen molar-refractivity contribution in [3.05, 3.63) is 192 Å². The molecule has 262 valence electrons. The summed E-state index contributed by atoms with van der Waals surface area (Å²) in [6, 6.07) is 62.5. The molecule has 57 heavy (non-hydrogen) atoms. The van der Waals surface area contributed by atoms with E-state index < -0.39 is 0 Å². The van der Waals surface area contributed by atoms with E-state index in [4.69, 9.17) is 6.57 Å². The number of nitrogens with zero attached hydrogens (tertiary/aromatic N) is 6. The van der Waals surface area contributed by atoms with Crippen molar-refractivity contribution in [2.24, 2.45) is 0 Å². The van der Waals surface area contributed by atoms with E-state index in [-0.39, 0.29) is 0 Å². The number of nitriles is 2. The fraction of sp³-hybridized carbons (Fsp3) is 0. The normalized spacial score (nSPS) is 11.5. The Morgan fingerprint density at radius 3 is 1.75 bits per heavy atom. The predicted octanol–water partition coefficient (Wildman–Crippen LogP) is 12.9. The summed E-state index contributed by atoms with van der Waals surface area (Å²) in [4.78, 5) is 3.82. The van der Waals surface area contributed by atoms with Gasteiger partial charge in [-0.05, 0) is 95.4 Å². The zero-order chi connectivity index (χ0) is 38.2. The number of rotatable bonds is 4. The highest BCUT2D eigenvalue weighted by molar-refractivity contribution is 6.17. The molecule has 3 aromatic heterocycles. The maximum absolute atomic E-state index is 10.6. The van der Waals surface area contributed by atoms with E-state index in [9.17, 15) is 10.5 Å². The van der Waals surface area contributed by atoms with Crippen LogP contribution in [0.4, 0.5) is 5.69 Å². The smallest absolute Gasteiger partial charge is 0.188 e. The Bertz CT molecular complexity index is 3580. The molecule has 0 spiro atoms. The molecule has 0 saturated carbocycles. The third-order valence-electron chi connectivity index (χ3n) is 11.3. The zero-order valence-corrected chi connectivity index (χ0v) is 30.3. The van der Waals surface area contributed by atoms with E-state index >= 15 is 0 Å². The molecule has 0 bridgehead atoms. The van der Waals surface area contributed by atoms with Crippen LogP contribution in [0.3, 0.4) is 0 Å². The van der Waals surface area contributed by atoms with Gasteiger partial charge in [0.15, 0.2) is 5.69 Å². The molecule has 0 amide bonds. The molecule has 0 N–H and O–H groups in total. The molecule has 0 aliphatic rings. The average Bonchev–Trinajstić information content (AvgIpc) is 3.91. The molecule has 0 radical (unpaired) electrons. The van der Waals surface area contributed by atoms with Crippen LogP contribution in [0.1, 0.15) is 11.1 Å². The van der Waals surface area contributed by atoms with Crippen molar-refractivity contribution < 1.29 is 0 Å². The average molecular weight is 725 g/mol. The molecule has 3 heterocycles. The van der Waals surface area contributed by atoms with Crippen LogP contribution in [0.25, 0.3) is 98.5 Å². The third kappa shape index (κ3) is 4.68. The van der Waals surface area contributed by atoms with Gasteiger partial charge >= 0.3 is 0 Å². The number of hydrogen-bond acceptors (Lipinski definition) is 2. The lowest BCUT2D eigenvalue weighted by Gasteiger charge is -2.14. The van der Waals surface area contributed by atoms with Gasteiger partial charge in [-0.2, -0.15) is 10.5 Å². The van der Waals surface area contributed by atoms with Gasteiger partial charge in [0.05, 0.1) is 68.6 Å². The van der Waals surface area contributed by atoms with Gasteiger partial charge in [-0.25, -0.2) is 4.85 Å². The molecule has 0 atom stereocenters. The van der Waals surface area contributed by atoms with Crippen molar-refractivity contribution in [2.45, 2.75) is 0 Å². The van der Waals surface area contributed by atoms with E-state index in [0.717, 1.165) is 82.8 Å². The largest absolute Gasteiger partial charge is 0.309 e. The number of aromatic nitrogens is 3. The molecular weight excluding hydrogens is 697 g/mol. The molecule has 11 aromatic rings. The minimum Gasteiger partial charge on any atom is -0.309 e. The summed E-state index contributed by atoms with van der Waals surface area (Å²) >= 11 is 0. The van der Waals surface area contributed by atoms with Crippen LogP contribution in [0, 0.1) is 29.2 Å². The van der Waals surface area contributed by atoms with Crippen LogP contribution in [0.15, 0.2) is 170 Å².